The van der Waals surface area contributed by atoms with Gasteiger partial charge < -0.3 is 0 Å². The van der Waals surface area contributed by atoms with E-state index in [2.05, 4.69) is 32.1 Å². The fraction of sp³-hybridized carbons (Fsp3) is 0.400. The average Bonchev–Trinajstić information content (AvgIpc) is 2.30. The molecule has 2 atom stereocenters. The molecule has 17 heavy (non-hydrogen) atoms. The van der Waals surface area contributed by atoms with Gasteiger partial charge in [-0.1, -0.05) is 0 Å². The zero-order valence-electron chi connectivity index (χ0n) is 10.3. The predicted octanol–water partition coefficient (Wildman–Crippen LogP) is 2.54. The number of hydrogen-bond acceptors (Lipinski definition) is 1. The molecule has 1 aromatic rings. The SMILES string of the molecule is CC1=CC[C@H](C(=O)[Se]c2ccccc2)[C@@H](C)C1. The van der Waals surface area contributed by atoms with Crippen LogP contribution in [-0.4, -0.2) is 19.6 Å². The Balaban J connectivity index is 2.01. The monoisotopic (exact) mass is 294 g/mol. The second-order valence-corrected chi connectivity index (χ2v) is 7.07. The summed E-state index contributed by atoms with van der Waals surface area (Å²) in [6.07, 6.45) is 4.27. The normalized spacial score (nSPS) is 24.2. The van der Waals surface area contributed by atoms with Gasteiger partial charge in [0.25, 0.3) is 0 Å². The Morgan fingerprint density at radius 3 is 2.65 bits per heavy atom. The number of hydrogen-bond donors (Lipinski definition) is 0. The number of allylic oxidation sites excluding steroid dienone is 2. The maximum absolute atomic E-state index is 12.3. The minimum atomic E-state index is -0.0146. The average molecular weight is 293 g/mol. The van der Waals surface area contributed by atoms with Crippen LogP contribution in [0.3, 0.4) is 0 Å². The van der Waals surface area contributed by atoms with Gasteiger partial charge in [0.2, 0.25) is 0 Å². The van der Waals surface area contributed by atoms with Crippen LogP contribution in [0.5, 0.6) is 0 Å². The van der Waals surface area contributed by atoms with Crippen molar-refractivity contribution < 1.29 is 4.79 Å². The van der Waals surface area contributed by atoms with Crippen molar-refractivity contribution in [3.8, 4) is 0 Å². The summed E-state index contributed by atoms with van der Waals surface area (Å²) < 4.78 is 1.66. The summed E-state index contributed by atoms with van der Waals surface area (Å²) in [5, 5.41) is 0. The molecule has 0 spiro atoms. The molecule has 90 valence electrons. The number of benzene rings is 1. The molecule has 0 amide bonds. The predicted molar refractivity (Wildman–Crippen MR) is 72.5 cm³/mol. The van der Waals surface area contributed by atoms with E-state index in [0.29, 0.717) is 10.6 Å². The first kappa shape index (κ1) is 12.6. The van der Waals surface area contributed by atoms with Crippen LogP contribution in [-0.2, 0) is 4.79 Å². The van der Waals surface area contributed by atoms with Crippen molar-refractivity contribution in [1.29, 1.82) is 0 Å². The molecule has 0 bridgehead atoms. The van der Waals surface area contributed by atoms with Crippen molar-refractivity contribution in [3.63, 3.8) is 0 Å². The van der Waals surface area contributed by atoms with E-state index in [4.69, 9.17) is 0 Å². The van der Waals surface area contributed by atoms with Gasteiger partial charge in [-0.05, 0) is 0 Å². The number of carbonyl (C=O) groups is 1. The van der Waals surface area contributed by atoms with Gasteiger partial charge in [0.1, 0.15) is 0 Å². The van der Waals surface area contributed by atoms with Gasteiger partial charge in [-0.25, -0.2) is 0 Å². The van der Waals surface area contributed by atoms with Crippen molar-refractivity contribution in [2.45, 2.75) is 26.7 Å². The van der Waals surface area contributed by atoms with E-state index in [0.717, 1.165) is 12.8 Å². The van der Waals surface area contributed by atoms with Crippen molar-refractivity contribution in [1.82, 2.24) is 0 Å². The summed E-state index contributed by atoms with van der Waals surface area (Å²) in [5.41, 5.74) is 1.44. The Labute approximate surface area is 109 Å². The number of rotatable bonds is 3. The molecule has 1 aromatic carbocycles. The van der Waals surface area contributed by atoms with E-state index in [1.165, 1.54) is 10.0 Å². The Hall–Kier alpha value is -0.851. The zero-order chi connectivity index (χ0) is 12.3. The quantitative estimate of drug-likeness (QED) is 0.618. The van der Waals surface area contributed by atoms with Crippen LogP contribution in [0.1, 0.15) is 26.7 Å². The van der Waals surface area contributed by atoms with E-state index >= 15 is 0 Å². The summed E-state index contributed by atoms with van der Waals surface area (Å²) in [5.74, 6) is 0.761. The van der Waals surface area contributed by atoms with Crippen LogP contribution in [0.2, 0.25) is 0 Å². The van der Waals surface area contributed by atoms with Gasteiger partial charge in [0, 0.05) is 0 Å². The van der Waals surface area contributed by atoms with Crippen molar-refractivity contribution in [2.75, 3.05) is 0 Å². The van der Waals surface area contributed by atoms with Crippen LogP contribution in [0.25, 0.3) is 0 Å². The molecule has 0 saturated carbocycles. The van der Waals surface area contributed by atoms with Crippen LogP contribution >= 0.6 is 0 Å². The van der Waals surface area contributed by atoms with Gasteiger partial charge in [0.05, 0.1) is 0 Å². The third-order valence-electron chi connectivity index (χ3n) is 3.32. The molecule has 0 N–H and O–H groups in total. The molecular weight excluding hydrogens is 275 g/mol. The third-order valence-corrected chi connectivity index (χ3v) is 5.44. The van der Waals surface area contributed by atoms with Gasteiger partial charge in [-0.15, -0.1) is 0 Å². The first-order chi connectivity index (χ1) is 8.16. The molecule has 0 heterocycles. The van der Waals surface area contributed by atoms with Gasteiger partial charge in [-0.2, -0.15) is 0 Å². The van der Waals surface area contributed by atoms with Crippen molar-refractivity contribution in [2.24, 2.45) is 11.8 Å². The zero-order valence-corrected chi connectivity index (χ0v) is 12.1. The van der Waals surface area contributed by atoms with Gasteiger partial charge in [-0.3, -0.25) is 0 Å². The molecule has 1 aliphatic carbocycles. The van der Waals surface area contributed by atoms with E-state index in [1.54, 1.807) is 0 Å². The Kier molecular flexibility index (Phi) is 4.20. The van der Waals surface area contributed by atoms with Crippen LogP contribution < -0.4 is 4.46 Å². The van der Waals surface area contributed by atoms with Crippen molar-refractivity contribution >= 4 is 24.1 Å². The molecule has 1 aliphatic rings. The second kappa shape index (κ2) is 5.66. The fourth-order valence-electron chi connectivity index (χ4n) is 2.30. The van der Waals surface area contributed by atoms with Crippen LogP contribution in [0.15, 0.2) is 42.0 Å². The summed E-state index contributed by atoms with van der Waals surface area (Å²) in [4.78, 5) is 12.3. The molecule has 1 nitrogen and oxygen atoms in total. The summed E-state index contributed by atoms with van der Waals surface area (Å²) in [6, 6.07) is 10.1. The Morgan fingerprint density at radius 2 is 2.00 bits per heavy atom. The van der Waals surface area contributed by atoms with E-state index in [1.807, 2.05) is 18.2 Å². The first-order valence-corrected chi connectivity index (χ1v) is 7.80. The van der Waals surface area contributed by atoms with Crippen LogP contribution in [0.4, 0.5) is 0 Å². The minimum absolute atomic E-state index is 0.0146. The van der Waals surface area contributed by atoms with Crippen LogP contribution in [0, 0.1) is 11.8 Å². The van der Waals surface area contributed by atoms with Gasteiger partial charge >= 0.3 is 109 Å². The fourth-order valence-corrected chi connectivity index (χ4v) is 4.41. The molecule has 2 rings (SSSR count). The van der Waals surface area contributed by atoms with Gasteiger partial charge in [0.15, 0.2) is 0 Å². The molecule has 0 unspecified atom stereocenters. The van der Waals surface area contributed by atoms with E-state index < -0.39 is 0 Å². The standard InChI is InChI=1S/C15H18OSe/c1-11-8-9-14(12(2)10-11)15(16)17-13-6-4-3-5-7-13/h3-8,12,14H,9-10H2,1-2H3/t12-,14-/m0/s1. The summed E-state index contributed by atoms with van der Waals surface area (Å²) in [6.45, 7) is 4.37. The number of carbonyl (C=O) groups excluding carboxylic acids is 1. The van der Waals surface area contributed by atoms with E-state index in [-0.39, 0.29) is 20.9 Å². The first-order valence-electron chi connectivity index (χ1n) is 6.09. The Morgan fingerprint density at radius 1 is 1.29 bits per heavy atom. The molecule has 0 aliphatic heterocycles. The topological polar surface area (TPSA) is 17.1 Å². The molecule has 0 saturated heterocycles. The molecule has 0 radical (unpaired) electrons. The molecular formula is C15H18OSe. The third kappa shape index (κ3) is 3.31. The Bertz CT molecular complexity index is 422. The molecule has 2 heteroatoms. The molecule has 0 fully saturated rings. The summed E-state index contributed by atoms with van der Waals surface area (Å²) in [7, 11) is 0. The second-order valence-electron chi connectivity index (χ2n) is 4.81. The van der Waals surface area contributed by atoms with Crippen molar-refractivity contribution in [3.05, 3.63) is 42.0 Å². The molecule has 0 aromatic heterocycles. The van der Waals surface area contributed by atoms with E-state index in [9.17, 15) is 4.79 Å². The maximum atomic E-state index is 12.3. The summed E-state index contributed by atoms with van der Waals surface area (Å²) >= 11 is -0.0146.